The Kier molecular flexibility index (Phi) is 9.01. The van der Waals surface area contributed by atoms with Crippen LogP contribution in [0.1, 0.15) is 33.7 Å². The molecule has 1 aliphatic carbocycles. The molecule has 194 valence electrons. The van der Waals surface area contributed by atoms with E-state index in [1.165, 1.54) is 13.8 Å². The number of carbonyl (C=O) groups excluding carboxylic acids is 1. The minimum Gasteiger partial charge on any atom is -0.448 e. The number of hydrogen-bond acceptors (Lipinski definition) is 4. The fourth-order valence-electron chi connectivity index (χ4n) is 5.82. The number of nitrogens with two attached hydrogens (primary N) is 1. The summed E-state index contributed by atoms with van der Waals surface area (Å²) < 4.78 is 47.4. The molecule has 1 heterocycles. The number of fused-ring (bicyclic) bond motifs is 3. The van der Waals surface area contributed by atoms with Gasteiger partial charge in [0.1, 0.15) is 6.61 Å². The van der Waals surface area contributed by atoms with Crippen molar-refractivity contribution in [3.8, 4) is 11.1 Å². The monoisotopic (exact) mass is 547 g/mol. The Balaban J connectivity index is 0.00000336. The van der Waals surface area contributed by atoms with Gasteiger partial charge in [0.2, 0.25) is 0 Å². The van der Waals surface area contributed by atoms with Crippen molar-refractivity contribution in [3.63, 3.8) is 0 Å². The van der Waals surface area contributed by atoms with Crippen LogP contribution in [0.25, 0.3) is 11.1 Å². The predicted octanol–water partition coefficient (Wildman–Crippen LogP) is 1.89. The molecule has 0 atom stereocenters. The van der Waals surface area contributed by atoms with Crippen molar-refractivity contribution in [2.24, 2.45) is 5.73 Å². The third-order valence-electron chi connectivity index (χ3n) is 7.75. The van der Waals surface area contributed by atoms with Crippen LogP contribution in [0, 0.1) is 13.8 Å². The predicted molar refractivity (Wildman–Crippen MR) is 141 cm³/mol. The maximum absolute atomic E-state index is 13.9. The molecule has 0 spiro atoms. The van der Waals surface area contributed by atoms with E-state index in [4.69, 9.17) is 10.5 Å². The topological polar surface area (TPSA) is 58.8 Å². The van der Waals surface area contributed by atoms with Gasteiger partial charge in [0.05, 0.1) is 0 Å². The van der Waals surface area contributed by atoms with Gasteiger partial charge in [-0.1, -0.05) is 59.7 Å². The maximum atomic E-state index is 13.9. The summed E-state index contributed by atoms with van der Waals surface area (Å²) in [6, 6.07) is 18.1. The zero-order chi connectivity index (χ0) is 26.3. The average Bonchev–Trinajstić information content (AvgIpc) is 3.20. The Morgan fingerprint density at radius 2 is 1.50 bits per heavy atom. The number of anilines is 1. The first kappa shape index (κ1) is 29.2. The molecule has 3 aromatic rings. The Morgan fingerprint density at radius 1 is 0.947 bits per heavy atom. The maximum Gasteiger partial charge on any atom is 1.00 e. The number of ether oxygens (including phenoxy) is 1. The molecule has 0 unspecified atom stereocenters. The van der Waals surface area contributed by atoms with Gasteiger partial charge in [-0.3, -0.25) is 0 Å². The van der Waals surface area contributed by atoms with E-state index in [0.717, 1.165) is 22.3 Å². The summed E-state index contributed by atoms with van der Waals surface area (Å²) >= 11 is 0. The molecular weight excluding hydrogens is 517 g/mol. The Morgan fingerprint density at radius 3 is 2.03 bits per heavy atom. The van der Waals surface area contributed by atoms with Crippen LogP contribution in [0.15, 0.2) is 54.6 Å². The van der Waals surface area contributed by atoms with Gasteiger partial charge in [0, 0.05) is 44.3 Å². The minimum atomic E-state index is -5.17. The van der Waals surface area contributed by atoms with Gasteiger partial charge in [-0.2, -0.15) is 0 Å². The van der Waals surface area contributed by atoms with Gasteiger partial charge < -0.3 is 33.2 Å². The molecule has 0 aromatic heterocycles. The molecule has 2 aliphatic rings. The average molecular weight is 547 g/mol. The summed E-state index contributed by atoms with van der Waals surface area (Å²) in [5, 5.41) is 0. The van der Waals surface area contributed by atoms with Gasteiger partial charge >= 0.3 is 64.5 Å². The molecule has 3 aromatic carbocycles. The van der Waals surface area contributed by atoms with E-state index in [1.807, 2.05) is 29.2 Å². The summed E-state index contributed by atoms with van der Waals surface area (Å²) in [4.78, 5) is 16.5. The zero-order valence-corrected chi connectivity index (χ0v) is 25.1. The first-order valence-electron chi connectivity index (χ1n) is 12.6. The zero-order valence-electron chi connectivity index (χ0n) is 22.0. The van der Waals surface area contributed by atoms with Crippen LogP contribution in [0.5, 0.6) is 0 Å². The van der Waals surface area contributed by atoms with E-state index in [2.05, 4.69) is 24.3 Å². The number of piperazine rings is 1. The third kappa shape index (κ3) is 5.44. The van der Waals surface area contributed by atoms with Crippen molar-refractivity contribution in [1.29, 1.82) is 0 Å². The van der Waals surface area contributed by atoms with Crippen LogP contribution in [-0.4, -0.2) is 50.8 Å². The summed E-state index contributed by atoms with van der Waals surface area (Å²) in [7, 11) is 0. The van der Waals surface area contributed by atoms with Crippen molar-refractivity contribution >= 4 is 24.2 Å². The summed E-state index contributed by atoms with van der Waals surface area (Å²) in [6.45, 7) is -0.313. The molecule has 5 nitrogen and oxygen atoms in total. The van der Waals surface area contributed by atoms with Crippen molar-refractivity contribution < 1.29 is 73.9 Å². The first-order chi connectivity index (χ1) is 17.7. The number of nitrogens with zero attached hydrogens (tertiary/aromatic N) is 2. The van der Waals surface area contributed by atoms with E-state index >= 15 is 0 Å². The van der Waals surface area contributed by atoms with E-state index in [-0.39, 0.29) is 81.6 Å². The number of hydrogen-bond donors (Lipinski definition) is 1. The summed E-state index contributed by atoms with van der Waals surface area (Å²) in [5.74, 6) is -0.0230. The molecular formula is C28H30BF3KN3O2. The smallest absolute Gasteiger partial charge is 0.448 e. The SMILES string of the molecule is Cc1c(CN)cc(N2CCN(C(=O)OCC3c4ccccc4-c4ccccc43)CC2)c(C)c1[B-](F)(F)F.[K+]. The second kappa shape index (κ2) is 11.7. The number of rotatable bonds is 5. The second-order valence-corrected chi connectivity index (χ2v) is 9.78. The standard InChI is InChI=1S/C28H30BF3N3O2.K/c1-18-20(16-33)15-26(19(2)27(18)29(30,31)32)34-11-13-35(14-12-34)28(36)37-17-25-23-9-5-3-7-21(23)22-8-4-6-10-24(22)25;/h3-10,15,25H,11-14,16-17,33H2,1-2H3;/q-1;+1. The summed E-state index contributed by atoms with van der Waals surface area (Å²) in [6.07, 6.45) is -0.399. The van der Waals surface area contributed by atoms with Crippen LogP contribution in [0.4, 0.5) is 23.4 Å². The van der Waals surface area contributed by atoms with E-state index in [9.17, 15) is 17.7 Å². The first-order valence-corrected chi connectivity index (χ1v) is 12.6. The molecule has 5 rings (SSSR count). The fraction of sp³-hybridized carbons (Fsp3) is 0.321. The van der Waals surface area contributed by atoms with Gasteiger partial charge in [-0.25, -0.2) is 4.79 Å². The molecule has 1 amide bonds. The number of halogens is 3. The van der Waals surface area contributed by atoms with Crippen LogP contribution in [-0.2, 0) is 11.3 Å². The quantitative estimate of drug-likeness (QED) is 0.496. The fourth-order valence-corrected chi connectivity index (χ4v) is 5.82. The van der Waals surface area contributed by atoms with Crippen LogP contribution in [0.2, 0.25) is 0 Å². The molecule has 38 heavy (non-hydrogen) atoms. The molecule has 1 aliphatic heterocycles. The molecule has 2 N–H and O–H groups in total. The summed E-state index contributed by atoms with van der Waals surface area (Å²) in [5.41, 5.74) is 11.3. The Labute approximate surface area is 264 Å². The van der Waals surface area contributed by atoms with Crippen molar-refractivity contribution in [3.05, 3.63) is 82.4 Å². The molecule has 0 radical (unpaired) electrons. The molecule has 1 fully saturated rings. The van der Waals surface area contributed by atoms with Crippen LogP contribution >= 0.6 is 0 Å². The molecule has 1 saturated heterocycles. The molecule has 0 bridgehead atoms. The molecule has 10 heteroatoms. The van der Waals surface area contributed by atoms with Gasteiger partial charge in [0.25, 0.3) is 0 Å². The van der Waals surface area contributed by atoms with E-state index in [0.29, 0.717) is 37.4 Å². The van der Waals surface area contributed by atoms with E-state index < -0.39 is 18.5 Å². The van der Waals surface area contributed by atoms with Crippen molar-refractivity contribution in [2.45, 2.75) is 26.3 Å². The number of carbonyl (C=O) groups is 1. The second-order valence-electron chi connectivity index (χ2n) is 9.78. The minimum absolute atomic E-state index is 0. The van der Waals surface area contributed by atoms with Gasteiger partial charge in [-0.05, 0) is 47.7 Å². The number of amides is 1. The van der Waals surface area contributed by atoms with Crippen LogP contribution in [0.3, 0.4) is 0 Å². The number of benzene rings is 3. The van der Waals surface area contributed by atoms with Crippen molar-refractivity contribution in [2.75, 3.05) is 37.7 Å². The Bertz CT molecular complexity index is 1300. The third-order valence-corrected chi connectivity index (χ3v) is 7.75. The van der Waals surface area contributed by atoms with Crippen LogP contribution < -0.4 is 67.5 Å². The largest absolute Gasteiger partial charge is 1.00 e. The normalized spacial score (nSPS) is 15.1. The molecule has 0 saturated carbocycles. The van der Waals surface area contributed by atoms with Gasteiger partial charge in [-0.15, -0.1) is 5.46 Å². The van der Waals surface area contributed by atoms with E-state index in [1.54, 1.807) is 11.0 Å². The van der Waals surface area contributed by atoms with Gasteiger partial charge in [0.15, 0.2) is 0 Å². The van der Waals surface area contributed by atoms with Crippen molar-refractivity contribution in [1.82, 2.24) is 4.90 Å². The Hall–Kier alpha value is -1.82.